The van der Waals surface area contributed by atoms with Crippen LogP contribution in [0.3, 0.4) is 0 Å². The molecule has 3 saturated carbocycles. The summed E-state index contributed by atoms with van der Waals surface area (Å²) in [5.41, 5.74) is 16.4. The van der Waals surface area contributed by atoms with Crippen LogP contribution >= 0.6 is 0 Å². The summed E-state index contributed by atoms with van der Waals surface area (Å²) in [5, 5.41) is 0. The monoisotopic (exact) mass is 1180 g/mol. The van der Waals surface area contributed by atoms with Gasteiger partial charge in [-0.3, -0.25) is 14.5 Å². The highest BCUT2D eigenvalue weighted by atomic mass is 19.3. The zero-order chi connectivity index (χ0) is 61.0. The summed E-state index contributed by atoms with van der Waals surface area (Å²) in [4.78, 5) is 66.2. The molecule has 3 aromatic carbocycles. The van der Waals surface area contributed by atoms with E-state index in [-0.39, 0.29) is 70.9 Å². The number of halogens is 9. The van der Waals surface area contributed by atoms with Crippen molar-refractivity contribution in [1.29, 1.82) is 0 Å². The fourth-order valence-corrected chi connectivity index (χ4v) is 10.5. The first-order valence-corrected chi connectivity index (χ1v) is 26.3. The molecule has 0 saturated heterocycles. The first kappa shape index (κ1) is 60.0. The Kier molecular flexibility index (Phi) is 16.3. The number of carbonyl (C=O) groups is 3. The number of hydrogen-bond acceptors (Lipinski definition) is 18. The summed E-state index contributed by atoms with van der Waals surface area (Å²) >= 11 is 0. The molecule has 9 atom stereocenters. The smallest absolute Gasteiger partial charge is 0.414 e. The molecule has 11 rings (SSSR count). The molecule has 19 nitrogen and oxygen atoms in total. The summed E-state index contributed by atoms with van der Waals surface area (Å²) in [6.07, 6.45) is -4.00. The SMILES string of the molecule is CCc1cnc(C(=O)Cc2ccc(F)c([C@@]3(C(F)F)N=C(N)O[C@@H]4C[C@@H]43)c2)nc1.CN(C(=O)OC(C)(C)C)c1cnc(C(=O)Cc2ccc(F)c([C@@]3(C(F)F)N=C(N)O[C@@H]4C[C@@H]43)c2)nc1.NC1=N[C@@](c2cc(N)ccc2F)(C(F)F)[C@H]2C[C@H]2O1. The predicted molar refractivity (Wildman–Crippen MR) is 285 cm³/mol. The summed E-state index contributed by atoms with van der Waals surface area (Å²) in [7, 11) is 1.48. The number of benzene rings is 3. The van der Waals surface area contributed by atoms with E-state index in [9.17, 15) is 53.9 Å². The van der Waals surface area contributed by atoms with E-state index in [0.717, 1.165) is 30.2 Å². The summed E-state index contributed by atoms with van der Waals surface area (Å²) in [5.74, 6) is -5.47. The van der Waals surface area contributed by atoms with Crippen LogP contribution in [0.25, 0.3) is 0 Å². The van der Waals surface area contributed by atoms with E-state index in [1.807, 2.05) is 6.92 Å². The highest BCUT2D eigenvalue weighted by Gasteiger charge is 2.66. The topological polar surface area (TPSA) is 284 Å². The number of anilines is 2. The van der Waals surface area contributed by atoms with E-state index in [1.165, 1.54) is 60.7 Å². The standard InChI is InChI=1S/C24H26F3N5O4.C20H19F3N4O2.C12H12F3N3O/c1-23(2,3)36-22(34)32(4)13-10-29-19(30-11-13)17(33)8-12-5-6-16(25)14(7-12)24(20(26)27)15-9-18(15)35-21(28)31-24;1-2-10-8-25-17(26-9-10)15(28)6-11-3-4-14(21)12(5-11)20(18(22)23)13-7-16(13)29-19(24)27-20;13-8-2-1-5(16)3-6(8)12(10(14)15)7-4-9(7)19-11(17)18-12/h5-7,10-11,15,18,20H,8-9H2,1-4H3,(H2,28,31);3-5,8-9,13,16,18H,2,6-7H2,1H3,(H2,24,27);1-3,7,9-10H,4,16H2,(H2,17,18)/t15-,18+,24+;13-,16+,20+;7-,9+,12+/m000/s1. The summed E-state index contributed by atoms with van der Waals surface area (Å²) in [6.45, 7) is 7.13. The zero-order valence-electron chi connectivity index (χ0n) is 45.6. The van der Waals surface area contributed by atoms with E-state index in [2.05, 4.69) is 34.9 Å². The van der Waals surface area contributed by atoms with Crippen molar-refractivity contribution in [3.05, 3.63) is 142 Å². The lowest BCUT2D eigenvalue weighted by Crippen LogP contribution is -2.43. The Morgan fingerprint density at radius 3 is 1.30 bits per heavy atom. The van der Waals surface area contributed by atoms with Crippen LogP contribution in [-0.2, 0) is 54.8 Å². The van der Waals surface area contributed by atoms with Gasteiger partial charge in [0, 0.05) is 72.4 Å². The van der Waals surface area contributed by atoms with E-state index >= 15 is 0 Å². The molecule has 5 aromatic rings. The van der Waals surface area contributed by atoms with Gasteiger partial charge in [0.2, 0.25) is 11.6 Å². The number of nitrogens with two attached hydrogens (primary N) is 4. The molecule has 0 radical (unpaired) electrons. The number of nitrogen functional groups attached to an aromatic ring is 1. The molecule has 0 unspecified atom stereocenters. The summed E-state index contributed by atoms with van der Waals surface area (Å²) < 4.78 is 148. The molecular weight excluding hydrogens is 1120 g/mol. The van der Waals surface area contributed by atoms with E-state index < -0.39 is 119 Å². The molecule has 2 aromatic heterocycles. The average molecular weight is 1180 g/mol. The van der Waals surface area contributed by atoms with Gasteiger partial charge in [0.1, 0.15) is 41.4 Å². The minimum absolute atomic E-state index is 0.0206. The van der Waals surface area contributed by atoms with Gasteiger partial charge in [0.25, 0.3) is 37.3 Å². The minimum Gasteiger partial charge on any atom is -0.462 e. The lowest BCUT2D eigenvalue weighted by Gasteiger charge is -2.33. The number of hydrogen-bond donors (Lipinski definition) is 4. The van der Waals surface area contributed by atoms with Crippen LogP contribution in [0.5, 0.6) is 0 Å². The summed E-state index contributed by atoms with van der Waals surface area (Å²) in [6, 6.07) is 9.72. The molecule has 6 aliphatic rings. The average Bonchev–Trinajstić information content (AvgIpc) is 1.64. The first-order chi connectivity index (χ1) is 39.6. The number of aromatic nitrogens is 4. The molecule has 3 aliphatic carbocycles. The van der Waals surface area contributed by atoms with Crippen LogP contribution in [-0.4, -0.2) is 106 Å². The number of carbonyl (C=O) groups excluding carboxylic acids is 3. The molecule has 0 spiro atoms. The molecular formula is C56H57F9N12O7. The number of aliphatic imine (C=N–C) groups is 3. The Bertz CT molecular complexity index is 3450. The third-order valence-electron chi connectivity index (χ3n) is 15.0. The molecule has 28 heteroatoms. The van der Waals surface area contributed by atoms with Gasteiger partial charge in [0.05, 0.1) is 18.1 Å². The van der Waals surface area contributed by atoms with Crippen molar-refractivity contribution in [2.45, 2.75) is 126 Å². The van der Waals surface area contributed by atoms with E-state index in [0.29, 0.717) is 24.1 Å². The van der Waals surface area contributed by atoms with Crippen molar-refractivity contribution in [2.24, 2.45) is 49.9 Å². The third-order valence-corrected chi connectivity index (χ3v) is 15.0. The van der Waals surface area contributed by atoms with Crippen molar-refractivity contribution in [1.82, 2.24) is 19.9 Å². The van der Waals surface area contributed by atoms with Crippen molar-refractivity contribution < 1.29 is 72.8 Å². The van der Waals surface area contributed by atoms with Gasteiger partial charge in [-0.2, -0.15) is 0 Å². The van der Waals surface area contributed by atoms with Crippen LogP contribution in [0.2, 0.25) is 0 Å². The second-order valence-electron chi connectivity index (χ2n) is 21.9. The van der Waals surface area contributed by atoms with Gasteiger partial charge in [0.15, 0.2) is 28.3 Å². The highest BCUT2D eigenvalue weighted by Crippen LogP contribution is 2.58. The van der Waals surface area contributed by atoms with Gasteiger partial charge in [-0.05, 0) is 106 Å². The van der Waals surface area contributed by atoms with E-state index in [1.54, 1.807) is 33.2 Å². The zero-order valence-corrected chi connectivity index (χ0v) is 45.6. The number of alkyl halides is 6. The Labute approximate surface area is 474 Å². The maximum Gasteiger partial charge on any atom is 0.414 e. The normalized spacial score (nSPS) is 25.8. The lowest BCUT2D eigenvalue weighted by molar-refractivity contribution is 0.0175. The van der Waals surface area contributed by atoms with Gasteiger partial charge in [-0.1, -0.05) is 19.1 Å². The number of aryl methyl sites for hydroxylation is 1. The largest absolute Gasteiger partial charge is 0.462 e. The number of rotatable bonds is 14. The number of amides is 1. The van der Waals surface area contributed by atoms with Crippen molar-refractivity contribution in [2.75, 3.05) is 17.7 Å². The highest BCUT2D eigenvalue weighted by molar-refractivity contribution is 5.95. The molecule has 8 N–H and O–H groups in total. The van der Waals surface area contributed by atoms with Crippen LogP contribution in [0.15, 0.2) is 94.4 Å². The Hall–Kier alpha value is -8.59. The Morgan fingerprint density at radius 2 is 0.940 bits per heavy atom. The third kappa shape index (κ3) is 11.8. The lowest BCUT2D eigenvalue weighted by atomic mass is 9.83. The van der Waals surface area contributed by atoms with Crippen LogP contribution in [0.4, 0.5) is 55.7 Å². The number of nitrogens with zero attached hydrogens (tertiary/aromatic N) is 8. The quantitative estimate of drug-likeness (QED) is 0.0465. The fraction of sp³-hybridized carbons (Fsp3) is 0.429. The molecule has 3 fully saturated rings. The number of Topliss-reactive ketones (excluding diaryl/α,β-unsaturated/α-hetero) is 2. The molecule has 1 amide bonds. The maximum atomic E-state index is 14.8. The maximum absolute atomic E-state index is 14.8. The van der Waals surface area contributed by atoms with Crippen molar-refractivity contribution in [3.8, 4) is 0 Å². The molecule has 5 heterocycles. The predicted octanol–water partition coefficient (Wildman–Crippen LogP) is 8.01. The van der Waals surface area contributed by atoms with Gasteiger partial charge < -0.3 is 41.9 Å². The number of ketones is 2. The first-order valence-electron chi connectivity index (χ1n) is 26.3. The molecule has 3 aliphatic heterocycles. The molecule has 0 bridgehead atoms. The number of fused-ring (bicyclic) bond motifs is 3. The molecule has 84 heavy (non-hydrogen) atoms. The number of amidine groups is 3. The number of ether oxygens (including phenoxy) is 4. The van der Waals surface area contributed by atoms with Crippen LogP contribution < -0.4 is 27.8 Å². The van der Waals surface area contributed by atoms with Crippen LogP contribution in [0, 0.1) is 35.2 Å². The second-order valence-corrected chi connectivity index (χ2v) is 21.9. The second kappa shape index (κ2) is 22.9. The van der Waals surface area contributed by atoms with Crippen molar-refractivity contribution >= 4 is 47.1 Å². The van der Waals surface area contributed by atoms with Gasteiger partial charge >= 0.3 is 6.09 Å². The van der Waals surface area contributed by atoms with Crippen molar-refractivity contribution in [3.63, 3.8) is 0 Å². The molecule has 446 valence electrons. The van der Waals surface area contributed by atoms with E-state index in [4.69, 9.17) is 41.9 Å². The Balaban J connectivity index is 0.000000158. The minimum atomic E-state index is -3.03. The Morgan fingerprint density at radius 1 is 0.583 bits per heavy atom. The van der Waals surface area contributed by atoms with Gasteiger partial charge in [-0.25, -0.2) is 79.2 Å². The van der Waals surface area contributed by atoms with Crippen LogP contribution in [0.1, 0.15) is 102 Å². The fourth-order valence-electron chi connectivity index (χ4n) is 10.5. The van der Waals surface area contributed by atoms with Gasteiger partial charge in [-0.15, -0.1) is 0 Å².